The summed E-state index contributed by atoms with van der Waals surface area (Å²) < 4.78 is 6.26. The van der Waals surface area contributed by atoms with Crippen LogP contribution in [0.4, 0.5) is 0 Å². The lowest BCUT2D eigenvalue weighted by molar-refractivity contribution is 0.408. The van der Waals surface area contributed by atoms with Gasteiger partial charge in [0.2, 0.25) is 0 Å². The molecule has 0 aliphatic carbocycles. The monoisotopic (exact) mass is 271 g/mol. The predicted octanol–water partition coefficient (Wildman–Crippen LogP) is 3.08. The van der Waals surface area contributed by atoms with Crippen molar-refractivity contribution in [1.29, 1.82) is 0 Å². The minimum atomic E-state index is 0.0999. The molecule has 2 nitrogen and oxygen atoms in total. The van der Waals surface area contributed by atoms with E-state index in [0.29, 0.717) is 6.54 Å². The van der Waals surface area contributed by atoms with Crippen LogP contribution in [-0.2, 0) is 5.41 Å². The van der Waals surface area contributed by atoms with Crippen molar-refractivity contribution >= 4 is 15.9 Å². The van der Waals surface area contributed by atoms with Crippen LogP contribution in [0.3, 0.4) is 0 Å². The molecule has 0 aliphatic rings. The number of hydrogen-bond acceptors (Lipinski definition) is 2. The first-order valence-corrected chi connectivity index (χ1v) is 5.84. The van der Waals surface area contributed by atoms with Crippen LogP contribution in [0, 0.1) is 0 Å². The number of hydrogen-bond donors (Lipinski definition) is 1. The van der Waals surface area contributed by atoms with E-state index in [1.807, 2.05) is 6.07 Å². The molecule has 0 aromatic heterocycles. The van der Waals surface area contributed by atoms with E-state index < -0.39 is 0 Å². The van der Waals surface area contributed by atoms with Crippen LogP contribution in [0.25, 0.3) is 0 Å². The second-order valence-electron chi connectivity index (χ2n) is 4.27. The third-order valence-corrected chi connectivity index (χ3v) is 3.36. The zero-order valence-corrected chi connectivity index (χ0v) is 11.1. The fourth-order valence-corrected chi connectivity index (χ4v) is 1.99. The molecule has 0 saturated carbocycles. The first kappa shape index (κ1) is 12.5. The van der Waals surface area contributed by atoms with Gasteiger partial charge >= 0.3 is 0 Å². The highest BCUT2D eigenvalue weighted by atomic mass is 79.9. The molecule has 0 amide bonds. The minimum absolute atomic E-state index is 0.0999. The molecule has 0 unspecified atom stereocenters. The second kappa shape index (κ2) is 4.99. The molecular weight excluding hydrogens is 254 g/mol. The number of halogens is 1. The van der Waals surface area contributed by atoms with E-state index in [1.54, 1.807) is 7.11 Å². The Morgan fingerprint density at radius 2 is 2.07 bits per heavy atom. The molecule has 0 saturated heterocycles. The van der Waals surface area contributed by atoms with Crippen molar-refractivity contribution in [3.8, 4) is 5.75 Å². The van der Waals surface area contributed by atoms with Gasteiger partial charge in [0.1, 0.15) is 5.75 Å². The Labute approximate surface area is 99.9 Å². The van der Waals surface area contributed by atoms with Gasteiger partial charge in [-0.25, -0.2) is 0 Å². The van der Waals surface area contributed by atoms with E-state index >= 15 is 0 Å². The molecule has 2 N–H and O–H groups in total. The molecule has 0 bridgehead atoms. The van der Waals surface area contributed by atoms with Crippen molar-refractivity contribution in [3.63, 3.8) is 0 Å². The smallest absolute Gasteiger partial charge is 0.133 e. The average molecular weight is 272 g/mol. The van der Waals surface area contributed by atoms with Gasteiger partial charge in [0.15, 0.2) is 0 Å². The highest BCUT2D eigenvalue weighted by Crippen LogP contribution is 2.33. The number of methoxy groups -OCH3 is 1. The number of benzene rings is 1. The zero-order chi connectivity index (χ0) is 11.5. The third-order valence-electron chi connectivity index (χ3n) is 2.70. The predicted molar refractivity (Wildman–Crippen MR) is 67.4 cm³/mol. The van der Waals surface area contributed by atoms with Crippen LogP contribution in [0.1, 0.15) is 25.8 Å². The first-order valence-electron chi connectivity index (χ1n) is 5.05. The molecule has 15 heavy (non-hydrogen) atoms. The summed E-state index contributed by atoms with van der Waals surface area (Å²) in [7, 11) is 1.68. The highest BCUT2D eigenvalue weighted by Gasteiger charge is 2.20. The minimum Gasteiger partial charge on any atom is -0.496 e. The quantitative estimate of drug-likeness (QED) is 0.914. The lowest BCUT2D eigenvalue weighted by atomic mass is 9.81. The van der Waals surface area contributed by atoms with Crippen molar-refractivity contribution in [2.45, 2.75) is 25.7 Å². The van der Waals surface area contributed by atoms with E-state index in [9.17, 15) is 0 Å². The summed E-state index contributed by atoms with van der Waals surface area (Å²) in [5.41, 5.74) is 6.97. The molecule has 0 radical (unpaired) electrons. The maximum atomic E-state index is 5.61. The van der Waals surface area contributed by atoms with E-state index in [4.69, 9.17) is 10.5 Å². The second-order valence-corrected chi connectivity index (χ2v) is 5.13. The van der Waals surface area contributed by atoms with Gasteiger partial charge < -0.3 is 10.5 Å². The number of ether oxygens (including phenoxy) is 1. The number of rotatable bonds is 4. The van der Waals surface area contributed by atoms with E-state index in [0.717, 1.165) is 16.6 Å². The summed E-state index contributed by atoms with van der Waals surface area (Å²) in [6.07, 6.45) is 0.970. The van der Waals surface area contributed by atoms with Gasteiger partial charge in [0, 0.05) is 0 Å². The zero-order valence-electron chi connectivity index (χ0n) is 9.51. The molecule has 1 aromatic rings. The van der Waals surface area contributed by atoms with E-state index in [-0.39, 0.29) is 5.41 Å². The summed E-state index contributed by atoms with van der Waals surface area (Å²) in [4.78, 5) is 0. The Kier molecular flexibility index (Phi) is 4.17. The molecule has 0 atom stereocenters. The van der Waals surface area contributed by atoms with Crippen LogP contribution in [0.2, 0.25) is 0 Å². The molecule has 0 aliphatic heterocycles. The van der Waals surface area contributed by atoms with Gasteiger partial charge in [-0.2, -0.15) is 0 Å². The molecule has 0 spiro atoms. The molecule has 0 heterocycles. The Bertz CT molecular complexity index is 336. The van der Waals surface area contributed by atoms with Crippen molar-refractivity contribution in [2.75, 3.05) is 13.7 Å². The summed E-state index contributed by atoms with van der Waals surface area (Å²) in [5.74, 6) is 0.873. The number of nitrogens with two attached hydrogens (primary N) is 1. The molecule has 1 rings (SSSR count). The Morgan fingerprint density at radius 3 is 2.60 bits per heavy atom. The van der Waals surface area contributed by atoms with Crippen LogP contribution in [0.5, 0.6) is 5.75 Å². The molecule has 84 valence electrons. The lowest BCUT2D eigenvalue weighted by Gasteiger charge is -2.25. The van der Waals surface area contributed by atoms with E-state index in [2.05, 4.69) is 41.9 Å². The van der Waals surface area contributed by atoms with Gasteiger partial charge in [0.05, 0.1) is 11.6 Å². The standard InChI is InChI=1S/C12H18BrNO/c1-12(2,6-7-14)9-4-5-10(13)11(8-9)15-3/h4-5,8H,6-7,14H2,1-3H3. The van der Waals surface area contributed by atoms with Crippen molar-refractivity contribution in [3.05, 3.63) is 28.2 Å². The highest BCUT2D eigenvalue weighted by molar-refractivity contribution is 9.10. The fourth-order valence-electron chi connectivity index (χ4n) is 1.59. The molecule has 3 heteroatoms. The van der Waals surface area contributed by atoms with Gasteiger partial charge in [-0.05, 0) is 52.0 Å². The summed E-state index contributed by atoms with van der Waals surface area (Å²) in [6.45, 7) is 5.09. The van der Waals surface area contributed by atoms with Crippen LogP contribution in [0.15, 0.2) is 22.7 Å². The van der Waals surface area contributed by atoms with Gasteiger partial charge in [-0.3, -0.25) is 0 Å². The lowest BCUT2D eigenvalue weighted by Crippen LogP contribution is -2.21. The maximum Gasteiger partial charge on any atom is 0.133 e. The largest absolute Gasteiger partial charge is 0.496 e. The SMILES string of the molecule is COc1cc(C(C)(C)CCN)ccc1Br. The molecule has 1 aromatic carbocycles. The average Bonchev–Trinajstić information content (AvgIpc) is 2.18. The topological polar surface area (TPSA) is 35.2 Å². The summed E-state index contributed by atoms with van der Waals surface area (Å²) in [6, 6.07) is 6.20. The maximum absolute atomic E-state index is 5.61. The van der Waals surface area contributed by atoms with Gasteiger partial charge in [-0.15, -0.1) is 0 Å². The van der Waals surface area contributed by atoms with E-state index in [1.165, 1.54) is 5.56 Å². The Balaban J connectivity index is 3.04. The molecule has 0 fully saturated rings. The first-order chi connectivity index (χ1) is 7.01. The Hall–Kier alpha value is -0.540. The van der Waals surface area contributed by atoms with Gasteiger partial charge in [0.25, 0.3) is 0 Å². The van der Waals surface area contributed by atoms with Crippen LogP contribution < -0.4 is 10.5 Å². The normalized spacial score (nSPS) is 11.5. The summed E-state index contributed by atoms with van der Waals surface area (Å²) in [5, 5.41) is 0. The van der Waals surface area contributed by atoms with Crippen molar-refractivity contribution in [1.82, 2.24) is 0 Å². The molecular formula is C12H18BrNO. The van der Waals surface area contributed by atoms with Crippen molar-refractivity contribution < 1.29 is 4.74 Å². The van der Waals surface area contributed by atoms with Crippen LogP contribution in [-0.4, -0.2) is 13.7 Å². The van der Waals surface area contributed by atoms with Crippen molar-refractivity contribution in [2.24, 2.45) is 5.73 Å². The summed E-state index contributed by atoms with van der Waals surface area (Å²) >= 11 is 3.45. The van der Waals surface area contributed by atoms with Gasteiger partial charge in [-0.1, -0.05) is 19.9 Å². The fraction of sp³-hybridized carbons (Fsp3) is 0.500. The van der Waals surface area contributed by atoms with Crippen LogP contribution >= 0.6 is 15.9 Å². The third kappa shape index (κ3) is 2.95. The Morgan fingerprint density at radius 1 is 1.40 bits per heavy atom.